The van der Waals surface area contributed by atoms with Crippen molar-refractivity contribution in [2.24, 2.45) is 0 Å². The molecule has 0 spiro atoms. The van der Waals surface area contributed by atoms with Crippen LogP contribution in [0.15, 0.2) is 24.3 Å². The number of terminal acetylenes is 1. The second-order valence-electron chi connectivity index (χ2n) is 4.34. The fourth-order valence-electron chi connectivity index (χ4n) is 2.05. The van der Waals surface area contributed by atoms with Crippen molar-refractivity contribution in [3.63, 3.8) is 0 Å². The lowest BCUT2D eigenvalue weighted by Crippen LogP contribution is -2.52. The molecule has 0 radical (unpaired) electrons. The van der Waals surface area contributed by atoms with Crippen LogP contribution in [-0.2, 0) is 9.53 Å². The van der Waals surface area contributed by atoms with Crippen LogP contribution in [0.2, 0.25) is 0 Å². The first-order valence-electron chi connectivity index (χ1n) is 5.81. The molecule has 1 saturated heterocycles. The molecule has 1 heterocycles. The van der Waals surface area contributed by atoms with Gasteiger partial charge in [-0.15, -0.1) is 6.42 Å². The lowest BCUT2D eigenvalue weighted by Gasteiger charge is -2.35. The molecule has 4 atom stereocenters. The number of hydrogen-bond acceptors (Lipinski definition) is 5. The topological polar surface area (TPSA) is 87.0 Å². The van der Waals surface area contributed by atoms with Gasteiger partial charge in [0.25, 0.3) is 0 Å². The smallest absolute Gasteiger partial charge is 0.195 e. The van der Waals surface area contributed by atoms with Crippen LogP contribution in [0, 0.1) is 12.3 Å². The van der Waals surface area contributed by atoms with Crippen molar-refractivity contribution >= 4 is 5.78 Å². The number of aliphatic hydroxyl groups is 3. The van der Waals surface area contributed by atoms with Gasteiger partial charge in [-0.1, -0.05) is 18.1 Å². The Bertz CT molecular complexity index is 519. The number of benzene rings is 1. The maximum Gasteiger partial charge on any atom is 0.195 e. The SMILES string of the molecule is C#Cc1cccc([C@H]2O[C@H](CO)[C@@H](O)C(=O)[C@@H]2O)c1. The second kappa shape index (κ2) is 5.51. The number of hydrogen-bond donors (Lipinski definition) is 3. The Balaban J connectivity index is 2.32. The van der Waals surface area contributed by atoms with Gasteiger partial charge in [0.15, 0.2) is 5.78 Å². The fraction of sp³-hybridized carbons (Fsp3) is 0.357. The van der Waals surface area contributed by atoms with Crippen LogP contribution >= 0.6 is 0 Å². The van der Waals surface area contributed by atoms with Gasteiger partial charge in [-0.25, -0.2) is 0 Å². The number of aliphatic hydroxyl groups excluding tert-OH is 3. The highest BCUT2D eigenvalue weighted by Gasteiger charge is 2.43. The van der Waals surface area contributed by atoms with Gasteiger partial charge in [-0.05, 0) is 17.7 Å². The summed E-state index contributed by atoms with van der Waals surface area (Å²) in [5, 5.41) is 28.5. The molecular weight excluding hydrogens is 248 g/mol. The molecule has 3 N–H and O–H groups in total. The van der Waals surface area contributed by atoms with Gasteiger partial charge in [0.2, 0.25) is 0 Å². The third-order valence-electron chi connectivity index (χ3n) is 3.11. The zero-order valence-corrected chi connectivity index (χ0v) is 10.1. The molecule has 100 valence electrons. The summed E-state index contributed by atoms with van der Waals surface area (Å²) in [4.78, 5) is 11.7. The quantitative estimate of drug-likeness (QED) is 0.619. The van der Waals surface area contributed by atoms with E-state index in [1.165, 1.54) is 0 Å². The van der Waals surface area contributed by atoms with E-state index in [9.17, 15) is 15.0 Å². The summed E-state index contributed by atoms with van der Waals surface area (Å²) in [5.41, 5.74) is 1.12. The van der Waals surface area contributed by atoms with E-state index in [-0.39, 0.29) is 0 Å². The molecule has 5 nitrogen and oxygen atoms in total. The second-order valence-corrected chi connectivity index (χ2v) is 4.34. The number of rotatable bonds is 2. The van der Waals surface area contributed by atoms with Gasteiger partial charge in [0, 0.05) is 5.56 Å². The van der Waals surface area contributed by atoms with E-state index in [0.29, 0.717) is 11.1 Å². The molecule has 0 amide bonds. The van der Waals surface area contributed by atoms with Crippen molar-refractivity contribution in [3.8, 4) is 12.3 Å². The molecule has 0 aromatic heterocycles. The first-order valence-corrected chi connectivity index (χ1v) is 5.81. The lowest BCUT2D eigenvalue weighted by molar-refractivity contribution is -0.189. The molecule has 0 bridgehead atoms. The summed E-state index contributed by atoms with van der Waals surface area (Å²) < 4.78 is 5.38. The van der Waals surface area contributed by atoms with Crippen molar-refractivity contribution in [1.29, 1.82) is 0 Å². The number of carbonyl (C=O) groups is 1. The van der Waals surface area contributed by atoms with Gasteiger partial charge in [0.05, 0.1) is 6.61 Å². The summed E-state index contributed by atoms with van der Waals surface area (Å²) in [6.07, 6.45) is 0.294. The monoisotopic (exact) mass is 262 g/mol. The van der Waals surface area contributed by atoms with Crippen molar-refractivity contribution in [1.82, 2.24) is 0 Å². The third-order valence-corrected chi connectivity index (χ3v) is 3.11. The Morgan fingerprint density at radius 3 is 2.68 bits per heavy atom. The molecule has 0 unspecified atom stereocenters. The molecule has 19 heavy (non-hydrogen) atoms. The Morgan fingerprint density at radius 2 is 2.05 bits per heavy atom. The fourth-order valence-corrected chi connectivity index (χ4v) is 2.05. The molecule has 2 rings (SSSR count). The maximum absolute atomic E-state index is 11.7. The molecule has 1 aliphatic heterocycles. The normalized spacial score (nSPS) is 30.9. The van der Waals surface area contributed by atoms with Crippen LogP contribution in [0.25, 0.3) is 0 Å². The van der Waals surface area contributed by atoms with Crippen LogP contribution in [0.3, 0.4) is 0 Å². The first kappa shape index (κ1) is 13.7. The van der Waals surface area contributed by atoms with E-state index < -0.39 is 36.8 Å². The van der Waals surface area contributed by atoms with E-state index in [4.69, 9.17) is 16.3 Å². The van der Waals surface area contributed by atoms with Crippen LogP contribution < -0.4 is 0 Å². The number of carbonyl (C=O) groups excluding carboxylic acids is 1. The predicted molar refractivity (Wildman–Crippen MR) is 66.1 cm³/mol. The van der Waals surface area contributed by atoms with Crippen molar-refractivity contribution in [2.45, 2.75) is 24.4 Å². The average Bonchev–Trinajstić information content (AvgIpc) is 2.45. The summed E-state index contributed by atoms with van der Waals surface area (Å²) in [7, 11) is 0. The van der Waals surface area contributed by atoms with Crippen LogP contribution in [0.4, 0.5) is 0 Å². The van der Waals surface area contributed by atoms with Crippen LogP contribution in [0.5, 0.6) is 0 Å². The minimum absolute atomic E-state index is 0.509. The van der Waals surface area contributed by atoms with Gasteiger partial charge in [-0.2, -0.15) is 0 Å². The Hall–Kier alpha value is -1.71. The molecule has 5 heteroatoms. The van der Waals surface area contributed by atoms with Crippen LogP contribution in [0.1, 0.15) is 17.2 Å². The summed E-state index contributed by atoms with van der Waals surface area (Å²) in [6.45, 7) is -0.509. The number of Topliss-reactive ketones (excluding diaryl/α,β-unsaturated/α-hetero) is 1. The van der Waals surface area contributed by atoms with Gasteiger partial charge in [0.1, 0.15) is 24.4 Å². The number of ketones is 1. The van der Waals surface area contributed by atoms with Gasteiger partial charge in [-0.3, -0.25) is 4.79 Å². The van der Waals surface area contributed by atoms with Crippen molar-refractivity contribution in [2.75, 3.05) is 6.61 Å². The summed E-state index contributed by atoms with van der Waals surface area (Å²) in [6, 6.07) is 6.67. The molecule has 0 saturated carbocycles. The standard InChI is InChI=1S/C14H14O5/c1-2-8-4-3-5-9(6-8)14-13(18)12(17)11(16)10(7-15)19-14/h1,3-6,10-11,13-16,18H,7H2/t10-,11-,13+,14-/m1/s1. The first-order chi connectivity index (χ1) is 9.08. The Kier molecular flexibility index (Phi) is 3.98. The molecule has 1 fully saturated rings. The highest BCUT2D eigenvalue weighted by atomic mass is 16.5. The maximum atomic E-state index is 11.7. The highest BCUT2D eigenvalue weighted by Crippen LogP contribution is 2.30. The van der Waals surface area contributed by atoms with E-state index in [0.717, 1.165) is 0 Å². The number of ether oxygens (including phenoxy) is 1. The Morgan fingerprint density at radius 1 is 1.32 bits per heavy atom. The lowest BCUT2D eigenvalue weighted by atomic mass is 9.92. The zero-order chi connectivity index (χ0) is 14.0. The minimum atomic E-state index is -1.52. The highest BCUT2D eigenvalue weighted by molar-refractivity contribution is 5.89. The average molecular weight is 262 g/mol. The van der Waals surface area contributed by atoms with Crippen molar-refractivity contribution < 1.29 is 24.9 Å². The molecule has 0 aliphatic carbocycles. The van der Waals surface area contributed by atoms with E-state index in [2.05, 4.69) is 5.92 Å². The summed E-state index contributed by atoms with van der Waals surface area (Å²) >= 11 is 0. The molecular formula is C14H14O5. The molecule has 1 aromatic carbocycles. The predicted octanol–water partition coefficient (Wildman–Crippen LogP) is -0.609. The van der Waals surface area contributed by atoms with Crippen LogP contribution in [-0.4, -0.2) is 46.0 Å². The molecule has 1 aliphatic rings. The minimum Gasteiger partial charge on any atom is -0.394 e. The van der Waals surface area contributed by atoms with Crippen molar-refractivity contribution in [3.05, 3.63) is 35.4 Å². The van der Waals surface area contributed by atoms with Gasteiger partial charge >= 0.3 is 0 Å². The van der Waals surface area contributed by atoms with E-state index >= 15 is 0 Å². The third kappa shape index (κ3) is 2.53. The zero-order valence-electron chi connectivity index (χ0n) is 10.1. The van der Waals surface area contributed by atoms with Gasteiger partial charge < -0.3 is 20.1 Å². The Labute approximate surface area is 110 Å². The van der Waals surface area contributed by atoms with E-state index in [1.54, 1.807) is 24.3 Å². The van der Waals surface area contributed by atoms with E-state index in [1.807, 2.05) is 0 Å². The summed E-state index contributed by atoms with van der Waals surface area (Å²) in [5.74, 6) is 1.68. The molecule has 1 aromatic rings. The largest absolute Gasteiger partial charge is 0.394 e.